The summed E-state index contributed by atoms with van der Waals surface area (Å²) in [7, 11) is 0. The molecule has 152 valence electrons. The largest absolute Gasteiger partial charge is 0.478 e. The van der Waals surface area contributed by atoms with E-state index in [-0.39, 0.29) is 17.2 Å². The Bertz CT molecular complexity index is 952. The van der Waals surface area contributed by atoms with Gasteiger partial charge in [-0.1, -0.05) is 50.0 Å². The average molecular weight is 397 g/mol. The lowest BCUT2D eigenvalue weighted by atomic mass is 10.1. The maximum atomic E-state index is 12.5. The van der Waals surface area contributed by atoms with Crippen LogP contribution in [0.1, 0.15) is 71.6 Å². The lowest BCUT2D eigenvalue weighted by Gasteiger charge is -2.14. The van der Waals surface area contributed by atoms with Crippen molar-refractivity contribution in [2.24, 2.45) is 0 Å². The second-order valence-corrected chi connectivity index (χ2v) is 6.65. The monoisotopic (exact) mass is 397 g/mol. The van der Waals surface area contributed by atoms with Gasteiger partial charge in [0.25, 0.3) is 5.91 Å². The number of hydrogen-bond donors (Lipinski definition) is 3. The van der Waals surface area contributed by atoms with E-state index >= 15 is 0 Å². The predicted molar refractivity (Wildman–Crippen MR) is 105 cm³/mol. The van der Waals surface area contributed by atoms with E-state index in [0.717, 1.165) is 32.1 Å². The number of anilines is 1. The Kier molecular flexibility index (Phi) is 6.67. The Hall–Kier alpha value is -3.56. The molecule has 29 heavy (non-hydrogen) atoms. The zero-order valence-electron chi connectivity index (χ0n) is 16.1. The third kappa shape index (κ3) is 5.03. The zero-order chi connectivity index (χ0) is 20.6. The van der Waals surface area contributed by atoms with Crippen LogP contribution in [-0.2, 0) is 0 Å². The first kappa shape index (κ1) is 20.2. The number of tetrazole rings is 1. The molecule has 0 fully saturated rings. The molecule has 2 aromatic heterocycles. The maximum absolute atomic E-state index is 12.5. The fourth-order valence-corrected chi connectivity index (χ4v) is 3.11. The van der Waals surface area contributed by atoms with Crippen molar-refractivity contribution in [2.45, 2.75) is 45.1 Å². The molecule has 1 unspecified atom stereocenters. The summed E-state index contributed by atoms with van der Waals surface area (Å²) in [5.41, 5.74) is 0.00821. The van der Waals surface area contributed by atoms with E-state index in [9.17, 15) is 14.7 Å². The van der Waals surface area contributed by atoms with Crippen LogP contribution < -0.4 is 5.32 Å². The van der Waals surface area contributed by atoms with Crippen LogP contribution in [0.4, 0.5) is 5.82 Å². The highest BCUT2D eigenvalue weighted by Crippen LogP contribution is 2.23. The Morgan fingerprint density at radius 3 is 2.69 bits per heavy atom. The molecule has 10 nitrogen and oxygen atoms in total. The lowest BCUT2D eigenvalue weighted by molar-refractivity contribution is 0.0692. The molecule has 1 atom stereocenters. The van der Waals surface area contributed by atoms with E-state index in [2.05, 4.69) is 37.8 Å². The van der Waals surface area contributed by atoms with Gasteiger partial charge in [-0.05, 0) is 18.6 Å². The minimum Gasteiger partial charge on any atom is -0.478 e. The number of aromatic amines is 1. The summed E-state index contributed by atoms with van der Waals surface area (Å²) in [5.74, 6) is -0.830. The summed E-state index contributed by atoms with van der Waals surface area (Å²) in [4.78, 5) is 28.1. The van der Waals surface area contributed by atoms with Gasteiger partial charge in [-0.3, -0.25) is 4.79 Å². The van der Waals surface area contributed by atoms with Gasteiger partial charge in [0.15, 0.2) is 11.6 Å². The Labute approximate surface area is 167 Å². The van der Waals surface area contributed by atoms with Crippen molar-refractivity contribution < 1.29 is 14.7 Å². The molecule has 0 radical (unpaired) electrons. The fraction of sp³-hybridized carbons (Fsp3) is 0.368. The quantitative estimate of drug-likeness (QED) is 0.447. The van der Waals surface area contributed by atoms with Crippen LogP contribution in [-0.4, -0.2) is 47.2 Å². The van der Waals surface area contributed by atoms with Gasteiger partial charge in [0.2, 0.25) is 0 Å². The first-order valence-electron chi connectivity index (χ1n) is 9.50. The molecule has 0 saturated heterocycles. The van der Waals surface area contributed by atoms with Gasteiger partial charge in [-0.25, -0.2) is 9.78 Å². The summed E-state index contributed by atoms with van der Waals surface area (Å²) < 4.78 is 1.83. The number of carboxylic acid groups (broad SMARTS) is 1. The molecule has 10 heteroatoms. The van der Waals surface area contributed by atoms with Crippen LogP contribution in [0.3, 0.4) is 0 Å². The number of nitrogens with one attached hydrogen (secondary N) is 2. The number of imidazole rings is 1. The highest BCUT2D eigenvalue weighted by Gasteiger charge is 2.20. The molecule has 3 N–H and O–H groups in total. The van der Waals surface area contributed by atoms with Crippen molar-refractivity contribution in [3.05, 3.63) is 53.7 Å². The zero-order valence-corrected chi connectivity index (χ0v) is 16.1. The molecular weight excluding hydrogens is 374 g/mol. The van der Waals surface area contributed by atoms with Crippen molar-refractivity contribution in [1.82, 2.24) is 30.2 Å². The van der Waals surface area contributed by atoms with Crippen molar-refractivity contribution in [3.8, 4) is 0 Å². The number of hydrogen-bond acceptors (Lipinski definition) is 6. The summed E-state index contributed by atoms with van der Waals surface area (Å²) in [6.07, 6.45) is 8.50. The van der Waals surface area contributed by atoms with Gasteiger partial charge in [0, 0.05) is 6.20 Å². The molecule has 3 aromatic rings. The molecule has 0 aliphatic heterocycles. The highest BCUT2D eigenvalue weighted by molar-refractivity contribution is 6.10. The number of nitrogens with zero attached hydrogens (tertiary/aromatic N) is 5. The highest BCUT2D eigenvalue weighted by atomic mass is 16.4. The Morgan fingerprint density at radius 2 is 2.00 bits per heavy atom. The van der Waals surface area contributed by atoms with Crippen LogP contribution in [0.5, 0.6) is 0 Å². The third-order valence-electron chi connectivity index (χ3n) is 4.60. The number of aromatic nitrogens is 6. The molecule has 1 aromatic carbocycles. The molecule has 0 bridgehead atoms. The number of benzene rings is 1. The standard InChI is InChI=1S/C19H23N7O3/c1-2-3-4-5-10-15(17-22-24-25-23-17)26-11-16(20-12-26)21-18(27)13-8-6-7-9-14(13)19(28)29/h6-9,11-12,15H,2-5,10H2,1H3,(H,21,27)(H,28,29)(H,22,23,24,25). The SMILES string of the molecule is CCCCCCC(c1nn[nH]n1)n1cnc(NC(=O)c2ccccc2C(=O)O)c1. The van der Waals surface area contributed by atoms with Crippen LogP contribution in [0, 0.1) is 0 Å². The van der Waals surface area contributed by atoms with Gasteiger partial charge in [-0.2, -0.15) is 5.21 Å². The predicted octanol–water partition coefficient (Wildman–Crippen LogP) is 2.91. The first-order valence-corrected chi connectivity index (χ1v) is 9.50. The van der Waals surface area contributed by atoms with Gasteiger partial charge in [0.1, 0.15) is 0 Å². The van der Waals surface area contributed by atoms with Crippen molar-refractivity contribution in [2.75, 3.05) is 5.32 Å². The van der Waals surface area contributed by atoms with Crippen LogP contribution >= 0.6 is 0 Å². The van der Waals surface area contributed by atoms with Crippen LogP contribution in [0.25, 0.3) is 0 Å². The number of H-pyrrole nitrogens is 1. The Balaban J connectivity index is 1.74. The van der Waals surface area contributed by atoms with Gasteiger partial charge >= 0.3 is 5.97 Å². The molecule has 2 heterocycles. The van der Waals surface area contributed by atoms with Gasteiger partial charge in [-0.15, -0.1) is 10.2 Å². The number of carbonyl (C=O) groups excluding carboxylic acids is 1. The van der Waals surface area contributed by atoms with E-state index in [1.54, 1.807) is 24.7 Å². The van der Waals surface area contributed by atoms with E-state index in [0.29, 0.717) is 11.6 Å². The minimum absolute atomic E-state index is 0.0648. The van der Waals surface area contributed by atoms with Crippen LogP contribution in [0.2, 0.25) is 0 Å². The molecule has 0 saturated carbocycles. The van der Waals surface area contributed by atoms with Crippen LogP contribution in [0.15, 0.2) is 36.8 Å². The summed E-state index contributed by atoms with van der Waals surface area (Å²) >= 11 is 0. The number of carbonyl (C=O) groups is 2. The third-order valence-corrected chi connectivity index (χ3v) is 4.60. The van der Waals surface area contributed by atoms with Gasteiger partial charge in [0.05, 0.1) is 23.5 Å². The molecule has 1 amide bonds. The smallest absolute Gasteiger partial charge is 0.336 e. The number of unbranched alkanes of at least 4 members (excludes halogenated alkanes) is 3. The normalized spacial score (nSPS) is 11.9. The summed E-state index contributed by atoms with van der Waals surface area (Å²) in [6.45, 7) is 2.16. The number of carboxylic acids is 1. The molecule has 0 aliphatic carbocycles. The van der Waals surface area contributed by atoms with Crippen molar-refractivity contribution in [3.63, 3.8) is 0 Å². The molecule has 3 rings (SSSR count). The fourth-order valence-electron chi connectivity index (χ4n) is 3.11. The number of aromatic carboxylic acids is 1. The molecule has 0 spiro atoms. The first-order chi connectivity index (χ1) is 14.1. The van der Waals surface area contributed by atoms with E-state index in [4.69, 9.17) is 0 Å². The van der Waals surface area contributed by atoms with E-state index in [1.807, 2.05) is 4.57 Å². The summed E-state index contributed by atoms with van der Waals surface area (Å²) in [5, 5.41) is 26.2. The van der Waals surface area contributed by atoms with Gasteiger partial charge < -0.3 is 15.0 Å². The topological polar surface area (TPSA) is 139 Å². The van der Waals surface area contributed by atoms with Crippen molar-refractivity contribution in [1.29, 1.82) is 0 Å². The second-order valence-electron chi connectivity index (χ2n) is 6.65. The molecule has 0 aliphatic rings. The molecular formula is C19H23N7O3. The maximum Gasteiger partial charge on any atom is 0.336 e. The average Bonchev–Trinajstić information content (AvgIpc) is 3.40. The van der Waals surface area contributed by atoms with Crippen molar-refractivity contribution >= 4 is 17.7 Å². The number of amides is 1. The Morgan fingerprint density at radius 1 is 1.21 bits per heavy atom. The minimum atomic E-state index is -1.16. The number of rotatable bonds is 10. The lowest BCUT2D eigenvalue weighted by Crippen LogP contribution is -2.16. The summed E-state index contributed by atoms with van der Waals surface area (Å²) in [6, 6.07) is 5.88. The second kappa shape index (κ2) is 9.58. The van der Waals surface area contributed by atoms with E-state index < -0.39 is 11.9 Å². The van der Waals surface area contributed by atoms with E-state index in [1.165, 1.54) is 12.1 Å².